The van der Waals surface area contributed by atoms with Gasteiger partial charge in [-0.05, 0) is 37.2 Å². The largest absolute Gasteiger partial charge is 0.496 e. The predicted octanol–water partition coefficient (Wildman–Crippen LogP) is 3.28. The zero-order valence-electron chi connectivity index (χ0n) is 14.4. The van der Waals surface area contributed by atoms with Crippen molar-refractivity contribution in [2.24, 2.45) is 0 Å². The number of hydrogen-bond acceptors (Lipinski definition) is 3. The van der Waals surface area contributed by atoms with Crippen molar-refractivity contribution in [1.82, 2.24) is 10.2 Å². The number of halogens is 2. The van der Waals surface area contributed by atoms with Crippen LogP contribution in [0.25, 0.3) is 0 Å². The number of rotatable bonds is 8. The molecule has 134 valence electrons. The molecular formula is C19H22ClFN2O2. The topological polar surface area (TPSA) is 41.6 Å². The molecule has 0 aromatic heterocycles. The number of likely N-dealkylation sites (N-methyl/N-ethyl adjacent to an activating group) is 1. The maximum Gasteiger partial charge on any atom is 0.234 e. The smallest absolute Gasteiger partial charge is 0.234 e. The van der Waals surface area contributed by atoms with Crippen LogP contribution in [0.2, 0.25) is 5.02 Å². The lowest BCUT2D eigenvalue weighted by molar-refractivity contribution is -0.122. The summed E-state index contributed by atoms with van der Waals surface area (Å²) in [6.07, 6.45) is 0.679. The number of ether oxygens (including phenoxy) is 1. The summed E-state index contributed by atoms with van der Waals surface area (Å²) in [6, 6.07) is 12.3. The Kier molecular flexibility index (Phi) is 7.22. The Balaban J connectivity index is 1.80. The number of carbonyl (C=O) groups excluding carboxylic acids is 1. The van der Waals surface area contributed by atoms with Gasteiger partial charge in [0.25, 0.3) is 0 Å². The first-order valence-electron chi connectivity index (χ1n) is 8.01. The van der Waals surface area contributed by atoms with Crippen LogP contribution in [0.3, 0.4) is 0 Å². The Hall–Kier alpha value is -2.11. The molecule has 0 fully saturated rings. The van der Waals surface area contributed by atoms with Gasteiger partial charge in [0, 0.05) is 23.7 Å². The van der Waals surface area contributed by atoms with Crippen molar-refractivity contribution in [3.8, 4) is 5.75 Å². The summed E-state index contributed by atoms with van der Waals surface area (Å²) >= 11 is 6.01. The van der Waals surface area contributed by atoms with Crippen LogP contribution >= 0.6 is 11.6 Å². The number of methoxy groups -OCH3 is 1. The van der Waals surface area contributed by atoms with Crippen LogP contribution in [-0.2, 0) is 17.8 Å². The molecule has 2 rings (SSSR count). The van der Waals surface area contributed by atoms with E-state index >= 15 is 0 Å². The van der Waals surface area contributed by atoms with Crippen LogP contribution in [0.4, 0.5) is 4.39 Å². The Labute approximate surface area is 152 Å². The van der Waals surface area contributed by atoms with Gasteiger partial charge in [-0.3, -0.25) is 9.69 Å². The summed E-state index contributed by atoms with van der Waals surface area (Å²) in [4.78, 5) is 13.8. The lowest BCUT2D eigenvalue weighted by atomic mass is 10.1. The summed E-state index contributed by atoms with van der Waals surface area (Å²) in [6.45, 7) is 0.940. The number of para-hydroxylation sites is 1. The van der Waals surface area contributed by atoms with E-state index in [2.05, 4.69) is 5.32 Å². The minimum Gasteiger partial charge on any atom is -0.496 e. The van der Waals surface area contributed by atoms with E-state index < -0.39 is 0 Å². The first-order valence-corrected chi connectivity index (χ1v) is 8.39. The minimum atomic E-state index is -0.365. The third-order valence-corrected chi connectivity index (χ3v) is 4.17. The second-order valence-corrected chi connectivity index (χ2v) is 6.19. The Morgan fingerprint density at radius 2 is 2.00 bits per heavy atom. The van der Waals surface area contributed by atoms with Crippen molar-refractivity contribution in [2.45, 2.75) is 13.0 Å². The Morgan fingerprint density at radius 3 is 2.72 bits per heavy atom. The lowest BCUT2D eigenvalue weighted by Crippen LogP contribution is -2.36. The highest BCUT2D eigenvalue weighted by Gasteiger charge is 2.12. The molecule has 2 aromatic carbocycles. The second kappa shape index (κ2) is 9.39. The van der Waals surface area contributed by atoms with Gasteiger partial charge < -0.3 is 10.1 Å². The van der Waals surface area contributed by atoms with Gasteiger partial charge in [0.15, 0.2) is 0 Å². The van der Waals surface area contributed by atoms with Crippen molar-refractivity contribution < 1.29 is 13.9 Å². The maximum absolute atomic E-state index is 13.8. The molecule has 0 unspecified atom stereocenters. The number of nitrogens with zero attached hydrogens (tertiary/aromatic N) is 1. The Morgan fingerprint density at radius 1 is 1.24 bits per heavy atom. The molecule has 1 amide bonds. The lowest BCUT2D eigenvalue weighted by Gasteiger charge is -2.17. The highest BCUT2D eigenvalue weighted by atomic mass is 35.5. The molecule has 0 aliphatic heterocycles. The zero-order chi connectivity index (χ0) is 18.2. The number of nitrogens with one attached hydrogen (secondary N) is 1. The number of hydrogen-bond donors (Lipinski definition) is 1. The number of carbonyl (C=O) groups is 1. The third-order valence-electron chi connectivity index (χ3n) is 3.81. The molecule has 0 aliphatic rings. The minimum absolute atomic E-state index is 0.121. The molecule has 2 aromatic rings. The van der Waals surface area contributed by atoms with E-state index in [1.807, 2.05) is 24.3 Å². The van der Waals surface area contributed by atoms with Crippen molar-refractivity contribution in [1.29, 1.82) is 0 Å². The van der Waals surface area contributed by atoms with Crippen LogP contribution < -0.4 is 10.1 Å². The van der Waals surface area contributed by atoms with Gasteiger partial charge in [-0.1, -0.05) is 35.9 Å². The fourth-order valence-electron chi connectivity index (χ4n) is 2.56. The molecule has 0 spiro atoms. The molecule has 0 bridgehead atoms. The van der Waals surface area contributed by atoms with Gasteiger partial charge in [-0.2, -0.15) is 0 Å². The molecule has 0 saturated carbocycles. The van der Waals surface area contributed by atoms with Crippen LogP contribution in [0.15, 0.2) is 42.5 Å². The van der Waals surface area contributed by atoms with Crippen LogP contribution in [0.1, 0.15) is 11.1 Å². The zero-order valence-corrected chi connectivity index (χ0v) is 15.1. The number of benzene rings is 2. The van der Waals surface area contributed by atoms with Gasteiger partial charge in [-0.15, -0.1) is 0 Å². The van der Waals surface area contributed by atoms with E-state index in [9.17, 15) is 9.18 Å². The highest BCUT2D eigenvalue weighted by molar-refractivity contribution is 6.31. The van der Waals surface area contributed by atoms with E-state index in [0.29, 0.717) is 23.6 Å². The van der Waals surface area contributed by atoms with Crippen LogP contribution in [0.5, 0.6) is 5.75 Å². The van der Waals surface area contributed by atoms with Crippen molar-refractivity contribution >= 4 is 17.5 Å². The van der Waals surface area contributed by atoms with Crippen LogP contribution in [0, 0.1) is 5.82 Å². The van der Waals surface area contributed by atoms with Gasteiger partial charge in [0.1, 0.15) is 11.6 Å². The summed E-state index contributed by atoms with van der Waals surface area (Å²) in [5.41, 5.74) is 1.44. The van der Waals surface area contributed by atoms with Crippen LogP contribution in [-0.4, -0.2) is 38.1 Å². The van der Waals surface area contributed by atoms with E-state index in [-0.39, 0.29) is 24.8 Å². The average Bonchev–Trinajstić information content (AvgIpc) is 2.58. The molecule has 0 saturated heterocycles. The molecule has 0 radical (unpaired) electrons. The summed E-state index contributed by atoms with van der Waals surface area (Å²) in [5.74, 6) is 0.323. The molecule has 6 heteroatoms. The monoisotopic (exact) mass is 364 g/mol. The fraction of sp³-hybridized carbons (Fsp3) is 0.316. The molecular weight excluding hydrogens is 343 g/mol. The van der Waals surface area contributed by atoms with E-state index in [1.165, 1.54) is 6.07 Å². The third kappa shape index (κ3) is 5.73. The van der Waals surface area contributed by atoms with Crippen molar-refractivity contribution in [3.63, 3.8) is 0 Å². The summed E-state index contributed by atoms with van der Waals surface area (Å²) < 4.78 is 19.1. The summed E-state index contributed by atoms with van der Waals surface area (Å²) in [7, 11) is 3.38. The van der Waals surface area contributed by atoms with Crippen molar-refractivity contribution in [3.05, 3.63) is 64.4 Å². The molecule has 0 heterocycles. The number of amides is 1. The maximum atomic E-state index is 13.8. The Bertz CT molecular complexity index is 704. The van der Waals surface area contributed by atoms with Gasteiger partial charge in [0.05, 0.1) is 13.7 Å². The average molecular weight is 365 g/mol. The molecule has 25 heavy (non-hydrogen) atoms. The molecule has 4 nitrogen and oxygen atoms in total. The normalized spacial score (nSPS) is 10.8. The molecule has 0 aliphatic carbocycles. The highest BCUT2D eigenvalue weighted by Crippen LogP contribution is 2.20. The molecule has 0 atom stereocenters. The van der Waals surface area contributed by atoms with Crippen molar-refractivity contribution in [2.75, 3.05) is 27.2 Å². The standard InChI is InChI=1S/C19H22ClFN2O2/c1-23(12-15-16(20)7-5-8-17(15)21)13-19(24)22-11-10-14-6-3-4-9-18(14)25-2/h3-9H,10-13H2,1-2H3,(H,22,24). The quantitative estimate of drug-likeness (QED) is 0.781. The van der Waals surface area contributed by atoms with Gasteiger partial charge in [0.2, 0.25) is 5.91 Å². The van der Waals surface area contributed by atoms with E-state index in [1.54, 1.807) is 31.2 Å². The first-order chi connectivity index (χ1) is 12.0. The van der Waals surface area contributed by atoms with E-state index in [4.69, 9.17) is 16.3 Å². The second-order valence-electron chi connectivity index (χ2n) is 5.78. The SMILES string of the molecule is COc1ccccc1CCNC(=O)CN(C)Cc1c(F)cccc1Cl. The van der Waals surface area contributed by atoms with E-state index in [0.717, 1.165) is 11.3 Å². The molecule has 1 N–H and O–H groups in total. The van der Waals surface area contributed by atoms with Gasteiger partial charge >= 0.3 is 0 Å². The van der Waals surface area contributed by atoms with Gasteiger partial charge in [-0.25, -0.2) is 4.39 Å². The fourth-order valence-corrected chi connectivity index (χ4v) is 2.78. The predicted molar refractivity (Wildman–Crippen MR) is 97.5 cm³/mol. The summed E-state index contributed by atoms with van der Waals surface area (Å²) in [5, 5.41) is 3.23. The first kappa shape index (κ1) is 19.2.